The van der Waals surface area contributed by atoms with Crippen molar-refractivity contribution in [3.05, 3.63) is 47.1 Å². The summed E-state index contributed by atoms with van der Waals surface area (Å²) < 4.78 is 30.9. The average molecular weight is 499 g/mol. The second kappa shape index (κ2) is 11.1. The maximum absolute atomic E-state index is 13.5. The number of nitrogen functional groups attached to an aromatic ring is 1. The van der Waals surface area contributed by atoms with E-state index in [0.717, 1.165) is 0 Å². The van der Waals surface area contributed by atoms with Crippen LogP contribution in [0.15, 0.2) is 41.5 Å². The highest BCUT2D eigenvalue weighted by Crippen LogP contribution is 2.48. The number of carbonyl (C=O) groups is 1. The highest BCUT2D eigenvalue weighted by Gasteiger charge is 2.39. The number of ether oxygens (including phenoxy) is 1. The lowest BCUT2D eigenvalue weighted by Gasteiger charge is -2.24. The number of anilines is 1. The van der Waals surface area contributed by atoms with Crippen LogP contribution in [-0.4, -0.2) is 56.2 Å². The van der Waals surface area contributed by atoms with E-state index in [1.54, 1.807) is 37.3 Å². The van der Waals surface area contributed by atoms with Crippen LogP contribution in [0, 0.1) is 0 Å². The monoisotopic (exact) mass is 499 g/mol. The summed E-state index contributed by atoms with van der Waals surface area (Å²) in [5, 5.41) is 12.1. The first-order valence-electron chi connectivity index (χ1n) is 10.2. The molecule has 1 fully saturated rings. The lowest BCUT2D eigenvalue weighted by molar-refractivity contribution is -0.144. The number of para-hydroxylation sites is 1. The first-order valence-corrected chi connectivity index (χ1v) is 12.7. The number of hydrogen-bond acceptors (Lipinski definition) is 11. The molecule has 1 saturated heterocycles. The van der Waals surface area contributed by atoms with Crippen molar-refractivity contribution in [1.82, 2.24) is 19.6 Å². The van der Waals surface area contributed by atoms with Crippen LogP contribution in [0.5, 0.6) is 5.75 Å². The minimum absolute atomic E-state index is 0.138. The van der Waals surface area contributed by atoms with Gasteiger partial charge in [0.2, 0.25) is 5.95 Å². The van der Waals surface area contributed by atoms with Gasteiger partial charge in [-0.15, -0.1) is 11.8 Å². The van der Waals surface area contributed by atoms with Gasteiger partial charge < -0.3 is 20.1 Å². The summed E-state index contributed by atoms with van der Waals surface area (Å²) in [6.45, 7) is 3.12. The summed E-state index contributed by atoms with van der Waals surface area (Å²) >= 11 is 1.24. The molecule has 180 valence electrons. The molecule has 1 aromatic heterocycles. The Balaban J connectivity index is 1.71. The summed E-state index contributed by atoms with van der Waals surface area (Å²) in [6.07, 6.45) is 0.629. The lowest BCUT2D eigenvalue weighted by Crippen LogP contribution is -2.36. The van der Waals surface area contributed by atoms with E-state index in [9.17, 15) is 19.3 Å². The van der Waals surface area contributed by atoms with Crippen LogP contribution in [0.1, 0.15) is 25.6 Å². The van der Waals surface area contributed by atoms with Crippen molar-refractivity contribution in [3.8, 4) is 5.75 Å². The fourth-order valence-electron chi connectivity index (χ4n) is 3.03. The van der Waals surface area contributed by atoms with Crippen LogP contribution in [0.3, 0.4) is 0 Å². The number of nitrogens with one attached hydrogen (secondary N) is 1. The van der Waals surface area contributed by atoms with Crippen molar-refractivity contribution in [2.45, 2.75) is 43.0 Å². The van der Waals surface area contributed by atoms with Crippen LogP contribution in [0.4, 0.5) is 5.95 Å². The van der Waals surface area contributed by atoms with Gasteiger partial charge in [-0.2, -0.15) is 10.1 Å². The van der Waals surface area contributed by atoms with Crippen LogP contribution < -0.4 is 21.0 Å². The molecule has 12 nitrogen and oxygen atoms in total. The van der Waals surface area contributed by atoms with Gasteiger partial charge in [0.1, 0.15) is 18.1 Å². The third-order valence-corrected chi connectivity index (χ3v) is 7.81. The Hall–Kier alpha value is -2.44. The number of carbonyl (C=O) groups excluding carboxylic acids is 1. The number of aromatic nitrogens is 3. The molecule has 5 atom stereocenters. The van der Waals surface area contributed by atoms with Gasteiger partial charge in [-0.1, -0.05) is 18.2 Å². The van der Waals surface area contributed by atoms with Crippen LogP contribution in [0.25, 0.3) is 0 Å². The van der Waals surface area contributed by atoms with Crippen molar-refractivity contribution >= 4 is 31.4 Å². The molecule has 0 saturated carbocycles. The summed E-state index contributed by atoms with van der Waals surface area (Å²) in [4.78, 5) is 31.5. The smallest absolute Gasteiger partial charge is 0.459 e. The van der Waals surface area contributed by atoms with E-state index in [4.69, 9.17) is 19.5 Å². The fourth-order valence-corrected chi connectivity index (χ4v) is 6.07. The predicted molar refractivity (Wildman–Crippen MR) is 122 cm³/mol. The van der Waals surface area contributed by atoms with E-state index in [-0.39, 0.29) is 31.3 Å². The van der Waals surface area contributed by atoms with Crippen molar-refractivity contribution < 1.29 is 28.3 Å². The Morgan fingerprint density at radius 3 is 2.82 bits per heavy atom. The zero-order chi connectivity index (χ0) is 24.0. The van der Waals surface area contributed by atoms with Crippen LogP contribution in [-0.2, 0) is 18.6 Å². The molecule has 1 aromatic carbocycles. The van der Waals surface area contributed by atoms with E-state index in [2.05, 4.69) is 15.1 Å². The summed E-state index contributed by atoms with van der Waals surface area (Å²) in [5.74, 6) is -0.482. The molecule has 3 rings (SSSR count). The number of nitrogens with zero attached hydrogens (tertiary/aromatic N) is 3. The van der Waals surface area contributed by atoms with E-state index >= 15 is 0 Å². The van der Waals surface area contributed by atoms with E-state index in [0.29, 0.717) is 0 Å². The number of benzene rings is 1. The minimum atomic E-state index is -4.05. The van der Waals surface area contributed by atoms with E-state index < -0.39 is 42.2 Å². The van der Waals surface area contributed by atoms with E-state index in [1.807, 2.05) is 0 Å². The van der Waals surface area contributed by atoms with Crippen LogP contribution in [0.2, 0.25) is 0 Å². The molecule has 0 spiro atoms. The highest BCUT2D eigenvalue weighted by molar-refractivity contribution is 8.00. The number of esters is 1. The summed E-state index contributed by atoms with van der Waals surface area (Å²) in [5.41, 5.74) is 4.84. The third-order valence-electron chi connectivity index (χ3n) is 4.63. The number of nitrogens with two attached hydrogens (primary N) is 1. The van der Waals surface area contributed by atoms with Gasteiger partial charge in [-0.25, -0.2) is 14.3 Å². The standard InChI is InChI=1S/C19H26N5O7PS/c1-3-29-17(26)12(2)23-32(28,31-13-7-5-4-6-8-13)30-10-15-14(25)9-16(33-15)24-11-21-18(20)22-19(24)27/h4-8,11-12,14-16,25H,3,9-10H2,1-2H3,(H,23,28)(H2,20,22,27)/t12-,14?,15+,16+,32?/m0/s1. The van der Waals surface area contributed by atoms with Crippen molar-refractivity contribution in [3.63, 3.8) is 0 Å². The van der Waals surface area contributed by atoms with Gasteiger partial charge >= 0.3 is 19.4 Å². The molecule has 0 bridgehead atoms. The van der Waals surface area contributed by atoms with Gasteiger partial charge in [0.05, 0.1) is 29.9 Å². The lowest BCUT2D eigenvalue weighted by atomic mass is 10.2. The molecule has 0 radical (unpaired) electrons. The number of aliphatic hydroxyl groups excluding tert-OH is 1. The second-order valence-corrected chi connectivity index (χ2v) is 10.3. The zero-order valence-electron chi connectivity index (χ0n) is 18.1. The maximum Gasteiger partial charge on any atom is 0.459 e. The van der Waals surface area contributed by atoms with Gasteiger partial charge in [0.25, 0.3) is 0 Å². The summed E-state index contributed by atoms with van der Waals surface area (Å²) in [6, 6.07) is 7.37. The summed E-state index contributed by atoms with van der Waals surface area (Å²) in [7, 11) is -4.05. The molecule has 1 aliphatic rings. The fraction of sp³-hybridized carbons (Fsp3) is 0.474. The Morgan fingerprint density at radius 1 is 1.42 bits per heavy atom. The minimum Gasteiger partial charge on any atom is -0.465 e. The molecule has 4 N–H and O–H groups in total. The highest BCUT2D eigenvalue weighted by atomic mass is 32.2. The van der Waals surface area contributed by atoms with Crippen LogP contribution >= 0.6 is 19.5 Å². The number of aliphatic hydroxyl groups is 1. The predicted octanol–water partition coefficient (Wildman–Crippen LogP) is 1.33. The number of rotatable bonds is 10. The van der Waals surface area contributed by atoms with Crippen molar-refractivity contribution in [1.29, 1.82) is 0 Å². The number of hydrogen-bond donors (Lipinski definition) is 3. The van der Waals surface area contributed by atoms with Gasteiger partial charge in [0.15, 0.2) is 0 Å². The molecule has 2 unspecified atom stereocenters. The largest absolute Gasteiger partial charge is 0.465 e. The first-order chi connectivity index (χ1) is 15.7. The average Bonchev–Trinajstić information content (AvgIpc) is 3.13. The van der Waals surface area contributed by atoms with Crippen molar-refractivity contribution in [2.24, 2.45) is 0 Å². The molecule has 33 heavy (non-hydrogen) atoms. The molecule has 0 aliphatic carbocycles. The van der Waals surface area contributed by atoms with Gasteiger partial charge in [-0.05, 0) is 26.0 Å². The molecular formula is C19H26N5O7PS. The quantitative estimate of drug-likeness (QED) is 0.317. The maximum atomic E-state index is 13.5. The van der Waals surface area contributed by atoms with Crippen molar-refractivity contribution in [2.75, 3.05) is 18.9 Å². The number of thioether (sulfide) groups is 1. The zero-order valence-corrected chi connectivity index (χ0v) is 19.8. The topological polar surface area (TPSA) is 168 Å². The molecule has 14 heteroatoms. The molecule has 2 heterocycles. The van der Waals surface area contributed by atoms with Gasteiger partial charge in [0, 0.05) is 6.42 Å². The van der Waals surface area contributed by atoms with Gasteiger partial charge in [-0.3, -0.25) is 13.9 Å². The second-order valence-electron chi connectivity index (χ2n) is 7.14. The Morgan fingerprint density at radius 2 is 2.15 bits per heavy atom. The molecule has 2 aromatic rings. The molecule has 1 aliphatic heterocycles. The first kappa shape index (κ1) is 25.2. The molecule has 0 amide bonds. The normalized spacial score (nSPS) is 22.9. The Kier molecular flexibility index (Phi) is 8.49. The SMILES string of the molecule is CCOC(=O)[C@H](C)NP(=O)(OC[C@H]1S[C@@H](n2cnc(N)nc2=O)CC1O)Oc1ccccc1. The third kappa shape index (κ3) is 6.78. The Bertz CT molecular complexity index is 1060. The molecular weight excluding hydrogens is 473 g/mol. The Labute approximate surface area is 194 Å². The van der Waals surface area contributed by atoms with E-state index in [1.165, 1.54) is 29.6 Å².